The van der Waals surface area contributed by atoms with Crippen LogP contribution in [0.2, 0.25) is 5.02 Å². The van der Waals surface area contributed by atoms with Crippen molar-refractivity contribution >= 4 is 37.3 Å². The Balaban J connectivity index is 2.37. The Hall–Kier alpha value is -0.850. The minimum Gasteiger partial charge on any atom is -0.459 e. The second-order valence-electron chi connectivity index (χ2n) is 4.16. The van der Waals surface area contributed by atoms with Crippen molar-refractivity contribution in [1.82, 2.24) is 0 Å². The molecule has 0 aromatic heterocycles. The second-order valence-corrected chi connectivity index (χ2v) is 7.11. The van der Waals surface area contributed by atoms with Gasteiger partial charge in [-0.25, -0.2) is 17.6 Å². The van der Waals surface area contributed by atoms with Crippen molar-refractivity contribution in [3.63, 3.8) is 0 Å². The first-order chi connectivity index (χ1) is 8.79. The summed E-state index contributed by atoms with van der Waals surface area (Å²) in [6.45, 7) is 0. The molecule has 0 aliphatic heterocycles. The van der Waals surface area contributed by atoms with Crippen molar-refractivity contribution < 1.29 is 22.3 Å². The molecule has 0 amide bonds. The maximum absolute atomic E-state index is 13.5. The third kappa shape index (κ3) is 3.19. The molecule has 2 rings (SSSR count). The lowest BCUT2D eigenvalue weighted by molar-refractivity contribution is 0.00895. The van der Waals surface area contributed by atoms with Crippen LogP contribution in [0.5, 0.6) is 0 Å². The van der Waals surface area contributed by atoms with Gasteiger partial charge in [0.1, 0.15) is 11.9 Å². The van der Waals surface area contributed by atoms with Gasteiger partial charge in [-0.2, -0.15) is 0 Å². The number of rotatable bonds is 3. The van der Waals surface area contributed by atoms with Crippen LogP contribution in [-0.4, -0.2) is 20.5 Å². The SMILES string of the molecule is O=C(OC1CCC1)c1cc(S(=O)(=O)Cl)cc(F)c1Cl. The van der Waals surface area contributed by atoms with Gasteiger partial charge >= 0.3 is 5.97 Å². The highest BCUT2D eigenvalue weighted by atomic mass is 35.7. The maximum Gasteiger partial charge on any atom is 0.340 e. The average molecular weight is 327 g/mol. The molecule has 0 saturated heterocycles. The molecule has 0 spiro atoms. The Morgan fingerprint density at radius 1 is 1.37 bits per heavy atom. The quantitative estimate of drug-likeness (QED) is 0.632. The van der Waals surface area contributed by atoms with Crippen LogP contribution in [-0.2, 0) is 13.8 Å². The van der Waals surface area contributed by atoms with E-state index in [0.717, 1.165) is 25.3 Å². The maximum atomic E-state index is 13.5. The third-order valence-corrected chi connectivity index (χ3v) is 4.55. The van der Waals surface area contributed by atoms with Gasteiger partial charge in [-0.3, -0.25) is 0 Å². The molecular weight excluding hydrogens is 318 g/mol. The highest BCUT2D eigenvalue weighted by molar-refractivity contribution is 8.13. The van der Waals surface area contributed by atoms with Gasteiger partial charge in [0.05, 0.1) is 15.5 Å². The molecule has 0 radical (unpaired) electrons. The molecule has 0 unspecified atom stereocenters. The Labute approximate surface area is 118 Å². The average Bonchev–Trinajstić information content (AvgIpc) is 2.25. The van der Waals surface area contributed by atoms with Crippen LogP contribution in [0.15, 0.2) is 17.0 Å². The summed E-state index contributed by atoms with van der Waals surface area (Å²) in [4.78, 5) is 11.3. The molecule has 8 heteroatoms. The first-order valence-corrected chi connectivity index (χ1v) is 8.12. The zero-order valence-corrected chi connectivity index (χ0v) is 11.9. The normalized spacial score (nSPS) is 15.9. The fraction of sp³-hybridized carbons (Fsp3) is 0.364. The number of carbonyl (C=O) groups excluding carboxylic acids is 1. The topological polar surface area (TPSA) is 60.4 Å². The molecule has 4 nitrogen and oxygen atoms in total. The van der Waals surface area contributed by atoms with Crippen molar-refractivity contribution in [1.29, 1.82) is 0 Å². The Kier molecular flexibility index (Phi) is 4.03. The molecule has 1 fully saturated rings. The van der Waals surface area contributed by atoms with E-state index in [4.69, 9.17) is 27.0 Å². The number of hydrogen-bond donors (Lipinski definition) is 0. The van der Waals surface area contributed by atoms with Crippen molar-refractivity contribution in [2.75, 3.05) is 0 Å². The predicted molar refractivity (Wildman–Crippen MR) is 67.5 cm³/mol. The van der Waals surface area contributed by atoms with Gasteiger partial charge in [-0.1, -0.05) is 11.6 Å². The third-order valence-electron chi connectivity index (χ3n) is 2.83. The molecule has 0 atom stereocenters. The van der Waals surface area contributed by atoms with Crippen molar-refractivity contribution in [3.8, 4) is 0 Å². The van der Waals surface area contributed by atoms with Gasteiger partial charge in [0.15, 0.2) is 0 Å². The van der Waals surface area contributed by atoms with Crippen LogP contribution in [0.25, 0.3) is 0 Å². The van der Waals surface area contributed by atoms with E-state index in [-0.39, 0.29) is 11.7 Å². The second kappa shape index (κ2) is 5.26. The summed E-state index contributed by atoms with van der Waals surface area (Å²) in [5, 5.41) is -0.478. The van der Waals surface area contributed by atoms with Crippen LogP contribution in [0.1, 0.15) is 29.6 Å². The van der Waals surface area contributed by atoms with Crippen LogP contribution in [0, 0.1) is 5.82 Å². The van der Waals surface area contributed by atoms with E-state index in [9.17, 15) is 17.6 Å². The smallest absolute Gasteiger partial charge is 0.340 e. The van der Waals surface area contributed by atoms with E-state index in [2.05, 4.69) is 0 Å². The summed E-state index contributed by atoms with van der Waals surface area (Å²) < 4.78 is 40.9. The molecule has 1 aromatic carbocycles. The molecule has 1 aromatic rings. The van der Waals surface area contributed by atoms with Crippen LogP contribution in [0.4, 0.5) is 4.39 Å². The first-order valence-electron chi connectivity index (χ1n) is 5.43. The fourth-order valence-electron chi connectivity index (χ4n) is 1.56. The molecule has 1 saturated carbocycles. The summed E-state index contributed by atoms with van der Waals surface area (Å²) in [5.74, 6) is -1.89. The zero-order valence-electron chi connectivity index (χ0n) is 9.53. The zero-order chi connectivity index (χ0) is 14.2. The molecule has 0 heterocycles. The van der Waals surface area contributed by atoms with Gasteiger partial charge < -0.3 is 4.74 Å². The van der Waals surface area contributed by atoms with Gasteiger partial charge in [0.2, 0.25) is 0 Å². The van der Waals surface area contributed by atoms with Crippen LogP contribution < -0.4 is 0 Å². The van der Waals surface area contributed by atoms with Crippen molar-refractivity contribution in [3.05, 3.63) is 28.5 Å². The van der Waals surface area contributed by atoms with E-state index in [0.29, 0.717) is 6.07 Å². The van der Waals surface area contributed by atoms with E-state index in [1.54, 1.807) is 0 Å². The van der Waals surface area contributed by atoms with E-state index >= 15 is 0 Å². The van der Waals surface area contributed by atoms with E-state index < -0.39 is 30.8 Å². The molecule has 1 aliphatic rings. The molecule has 19 heavy (non-hydrogen) atoms. The minimum atomic E-state index is -4.15. The van der Waals surface area contributed by atoms with Gasteiger partial charge in [0, 0.05) is 10.7 Å². The molecular formula is C11H9Cl2FO4S. The number of benzene rings is 1. The largest absolute Gasteiger partial charge is 0.459 e. The Bertz CT molecular complexity index is 626. The lowest BCUT2D eigenvalue weighted by atomic mass is 9.96. The van der Waals surface area contributed by atoms with E-state index in [1.807, 2.05) is 0 Å². The highest BCUT2D eigenvalue weighted by Crippen LogP contribution is 2.29. The number of ether oxygens (including phenoxy) is 1. The fourth-order valence-corrected chi connectivity index (χ4v) is 2.51. The van der Waals surface area contributed by atoms with Crippen molar-refractivity contribution in [2.45, 2.75) is 30.3 Å². The highest BCUT2D eigenvalue weighted by Gasteiger charge is 2.26. The number of hydrogen-bond acceptors (Lipinski definition) is 4. The summed E-state index contributed by atoms with van der Waals surface area (Å²) in [7, 11) is 0.962. The molecule has 0 bridgehead atoms. The molecule has 0 N–H and O–H groups in total. The van der Waals surface area contributed by atoms with E-state index in [1.165, 1.54) is 0 Å². The predicted octanol–water partition coefficient (Wildman–Crippen LogP) is 3.12. The van der Waals surface area contributed by atoms with Gasteiger partial charge in [-0.05, 0) is 31.4 Å². The summed E-state index contributed by atoms with van der Waals surface area (Å²) >= 11 is 5.64. The summed E-state index contributed by atoms with van der Waals surface area (Å²) in [5.41, 5.74) is -0.340. The lowest BCUT2D eigenvalue weighted by Crippen LogP contribution is -2.25. The Morgan fingerprint density at radius 2 is 2.00 bits per heavy atom. The number of esters is 1. The number of halogens is 3. The minimum absolute atomic E-state index is 0.220. The summed E-state index contributed by atoms with van der Waals surface area (Å²) in [6.07, 6.45) is 2.21. The standard InChI is InChI=1S/C11H9Cl2FO4S/c12-10-8(11(15)18-6-2-1-3-6)4-7(5-9(10)14)19(13,16)17/h4-6H,1-3H2. The molecule has 1 aliphatic carbocycles. The molecule has 104 valence electrons. The lowest BCUT2D eigenvalue weighted by Gasteiger charge is -2.25. The first kappa shape index (κ1) is 14.6. The Morgan fingerprint density at radius 3 is 2.47 bits per heavy atom. The monoisotopic (exact) mass is 326 g/mol. The number of carbonyl (C=O) groups is 1. The van der Waals surface area contributed by atoms with Gasteiger partial charge in [0.25, 0.3) is 9.05 Å². The van der Waals surface area contributed by atoms with Crippen LogP contribution >= 0.6 is 22.3 Å². The van der Waals surface area contributed by atoms with Crippen LogP contribution in [0.3, 0.4) is 0 Å². The van der Waals surface area contributed by atoms with Crippen molar-refractivity contribution in [2.24, 2.45) is 0 Å². The van der Waals surface area contributed by atoms with Gasteiger partial charge in [-0.15, -0.1) is 0 Å². The summed E-state index contributed by atoms with van der Waals surface area (Å²) in [6, 6.07) is 1.57.